The second-order valence-corrected chi connectivity index (χ2v) is 3.12. The van der Waals surface area contributed by atoms with Gasteiger partial charge in [-0.15, -0.1) is 17.0 Å². The number of hydrogen-bond donors (Lipinski definition) is 1. The first-order valence-corrected chi connectivity index (χ1v) is 3.40. The quantitative estimate of drug-likeness (QED) is 0.468. The van der Waals surface area contributed by atoms with Crippen molar-refractivity contribution in [1.29, 1.82) is 0 Å². The molecule has 0 aromatic carbocycles. The van der Waals surface area contributed by atoms with Crippen LogP contribution < -0.4 is 5.73 Å². The highest BCUT2D eigenvalue weighted by Gasteiger charge is 2.28. The van der Waals surface area contributed by atoms with E-state index in [1.807, 2.05) is 0 Å². The van der Waals surface area contributed by atoms with Crippen LogP contribution in [0.25, 0.3) is 0 Å². The summed E-state index contributed by atoms with van der Waals surface area (Å²) in [5.74, 6) is -0.440. The van der Waals surface area contributed by atoms with Crippen LogP contribution in [0.5, 0.6) is 0 Å². The molecule has 0 aliphatic rings. The Morgan fingerprint density at radius 1 is 1.80 bits per heavy atom. The summed E-state index contributed by atoms with van der Waals surface area (Å²) in [5.41, 5.74) is 5.41. The van der Waals surface area contributed by atoms with Crippen LogP contribution >= 0.6 is 32.9 Å². The molecule has 0 heterocycles. The van der Waals surface area contributed by atoms with Crippen molar-refractivity contribution in [2.45, 2.75) is 17.8 Å². The molecule has 0 amide bonds. The van der Waals surface area contributed by atoms with Gasteiger partial charge in [0.25, 0.3) is 0 Å². The fourth-order valence-electron chi connectivity index (χ4n) is 0.314. The first-order valence-electron chi connectivity index (χ1n) is 2.60. The first kappa shape index (κ1) is 13.0. The molecule has 0 aliphatic carbocycles. The van der Waals surface area contributed by atoms with Crippen molar-refractivity contribution < 1.29 is 9.53 Å². The van der Waals surface area contributed by atoms with E-state index in [0.29, 0.717) is 6.42 Å². The zero-order valence-electron chi connectivity index (χ0n) is 5.89. The minimum atomic E-state index is -0.998. The standard InChI is InChI=1S/C5H10BrNO2.BrH/c1-3-5(6,7)4(8)9-2;/h3,7H2,1-2H3;1H. The van der Waals surface area contributed by atoms with Crippen molar-refractivity contribution in [3.05, 3.63) is 0 Å². The number of alkyl halides is 1. The SMILES string of the molecule is Br.CCC(N)(Br)C(=O)OC. The van der Waals surface area contributed by atoms with E-state index in [2.05, 4.69) is 20.7 Å². The van der Waals surface area contributed by atoms with E-state index < -0.39 is 10.4 Å². The molecule has 5 heteroatoms. The molecule has 0 aliphatic heterocycles. The third-order valence-electron chi connectivity index (χ3n) is 1.04. The zero-order chi connectivity index (χ0) is 7.49. The summed E-state index contributed by atoms with van der Waals surface area (Å²) in [5, 5.41) is 0. The molecule has 1 atom stereocenters. The Labute approximate surface area is 79.2 Å². The largest absolute Gasteiger partial charge is 0.467 e. The number of halogens is 2. The van der Waals surface area contributed by atoms with Crippen molar-refractivity contribution in [3.63, 3.8) is 0 Å². The predicted octanol–water partition coefficient (Wildman–Crippen LogP) is 1.20. The van der Waals surface area contributed by atoms with Crippen LogP contribution in [-0.4, -0.2) is 17.5 Å². The monoisotopic (exact) mass is 275 g/mol. The number of methoxy groups -OCH3 is 1. The van der Waals surface area contributed by atoms with E-state index in [1.165, 1.54) is 7.11 Å². The van der Waals surface area contributed by atoms with E-state index in [1.54, 1.807) is 6.92 Å². The molecule has 0 bridgehead atoms. The smallest absolute Gasteiger partial charge is 0.336 e. The molecular weight excluding hydrogens is 266 g/mol. The molecular formula is C5H11Br2NO2. The van der Waals surface area contributed by atoms with Crippen LogP contribution in [0, 0.1) is 0 Å². The Hall–Kier alpha value is 0.390. The summed E-state index contributed by atoms with van der Waals surface area (Å²) in [7, 11) is 1.31. The van der Waals surface area contributed by atoms with Gasteiger partial charge in [0.05, 0.1) is 7.11 Å². The fourth-order valence-corrected chi connectivity index (χ4v) is 0.476. The van der Waals surface area contributed by atoms with Gasteiger partial charge < -0.3 is 10.5 Å². The topological polar surface area (TPSA) is 52.3 Å². The number of esters is 1. The summed E-state index contributed by atoms with van der Waals surface area (Å²) in [6.07, 6.45) is 0.514. The lowest BCUT2D eigenvalue weighted by atomic mass is 10.2. The maximum Gasteiger partial charge on any atom is 0.336 e. The molecule has 0 aromatic heterocycles. The Kier molecular flexibility index (Phi) is 6.63. The molecule has 0 saturated heterocycles. The number of hydrogen-bond acceptors (Lipinski definition) is 3. The maximum absolute atomic E-state index is 10.7. The average molecular weight is 277 g/mol. The van der Waals surface area contributed by atoms with Gasteiger partial charge in [-0.05, 0) is 6.42 Å². The fraction of sp³-hybridized carbons (Fsp3) is 0.800. The molecule has 1 unspecified atom stereocenters. The van der Waals surface area contributed by atoms with Gasteiger partial charge in [0.2, 0.25) is 0 Å². The number of rotatable bonds is 2. The number of carbonyl (C=O) groups is 1. The second kappa shape index (κ2) is 5.09. The number of carbonyl (C=O) groups excluding carboxylic acids is 1. The molecule has 3 nitrogen and oxygen atoms in total. The third kappa shape index (κ3) is 3.53. The maximum atomic E-state index is 10.7. The van der Waals surface area contributed by atoms with Gasteiger partial charge in [-0.25, -0.2) is 4.79 Å². The highest BCUT2D eigenvalue weighted by molar-refractivity contribution is 9.10. The summed E-state index contributed by atoms with van der Waals surface area (Å²) < 4.78 is 3.40. The highest BCUT2D eigenvalue weighted by atomic mass is 79.9. The Bertz CT molecular complexity index is 116. The third-order valence-corrected chi connectivity index (χ3v) is 1.92. The lowest BCUT2D eigenvalue weighted by Gasteiger charge is -2.15. The van der Waals surface area contributed by atoms with Gasteiger partial charge in [0, 0.05) is 0 Å². The van der Waals surface area contributed by atoms with Crippen LogP contribution in [0.4, 0.5) is 0 Å². The molecule has 62 valence electrons. The molecule has 10 heavy (non-hydrogen) atoms. The Morgan fingerprint density at radius 2 is 2.20 bits per heavy atom. The van der Waals surface area contributed by atoms with Gasteiger partial charge >= 0.3 is 5.97 Å². The molecule has 0 rings (SSSR count). The molecule has 0 fully saturated rings. The Morgan fingerprint density at radius 3 is 2.30 bits per heavy atom. The first-order chi connectivity index (χ1) is 4.04. The predicted molar refractivity (Wildman–Crippen MR) is 48.5 cm³/mol. The minimum Gasteiger partial charge on any atom is -0.467 e. The highest BCUT2D eigenvalue weighted by Crippen LogP contribution is 2.15. The summed E-state index contributed by atoms with van der Waals surface area (Å²) in [6, 6.07) is 0. The molecule has 0 saturated carbocycles. The van der Waals surface area contributed by atoms with E-state index in [-0.39, 0.29) is 17.0 Å². The van der Waals surface area contributed by atoms with Crippen molar-refractivity contribution in [3.8, 4) is 0 Å². The van der Waals surface area contributed by atoms with Crippen molar-refractivity contribution in [2.75, 3.05) is 7.11 Å². The average Bonchev–Trinajstić information content (AvgIpc) is 1.86. The van der Waals surface area contributed by atoms with Crippen LogP contribution in [0.1, 0.15) is 13.3 Å². The van der Waals surface area contributed by atoms with Crippen molar-refractivity contribution in [1.82, 2.24) is 0 Å². The molecule has 2 N–H and O–H groups in total. The van der Waals surface area contributed by atoms with Gasteiger partial charge in [0.15, 0.2) is 4.45 Å². The summed E-state index contributed by atoms with van der Waals surface area (Å²) in [4.78, 5) is 10.7. The lowest BCUT2D eigenvalue weighted by Crippen LogP contribution is -2.41. The summed E-state index contributed by atoms with van der Waals surface area (Å²) in [6.45, 7) is 1.80. The summed E-state index contributed by atoms with van der Waals surface area (Å²) >= 11 is 3.01. The van der Waals surface area contributed by atoms with E-state index in [9.17, 15) is 4.79 Å². The van der Waals surface area contributed by atoms with Gasteiger partial charge in [-0.3, -0.25) is 0 Å². The van der Waals surface area contributed by atoms with E-state index in [4.69, 9.17) is 5.73 Å². The molecule has 0 aromatic rings. The van der Waals surface area contributed by atoms with Crippen LogP contribution in [0.15, 0.2) is 0 Å². The normalized spacial score (nSPS) is 14.8. The van der Waals surface area contributed by atoms with Gasteiger partial charge in [-0.1, -0.05) is 22.9 Å². The van der Waals surface area contributed by atoms with Gasteiger partial charge in [-0.2, -0.15) is 0 Å². The van der Waals surface area contributed by atoms with E-state index in [0.717, 1.165) is 0 Å². The van der Waals surface area contributed by atoms with Crippen molar-refractivity contribution >= 4 is 38.9 Å². The van der Waals surface area contributed by atoms with E-state index >= 15 is 0 Å². The van der Waals surface area contributed by atoms with Crippen LogP contribution in [0.3, 0.4) is 0 Å². The Balaban J connectivity index is 0. The number of nitrogens with two attached hydrogens (primary N) is 1. The molecule has 0 radical (unpaired) electrons. The lowest BCUT2D eigenvalue weighted by molar-refractivity contribution is -0.143. The van der Waals surface area contributed by atoms with Crippen LogP contribution in [-0.2, 0) is 9.53 Å². The molecule has 0 spiro atoms. The minimum absolute atomic E-state index is 0. The van der Waals surface area contributed by atoms with Gasteiger partial charge in [0.1, 0.15) is 0 Å². The number of ether oxygens (including phenoxy) is 1. The van der Waals surface area contributed by atoms with Crippen molar-refractivity contribution in [2.24, 2.45) is 5.73 Å². The second-order valence-electron chi connectivity index (χ2n) is 1.71. The zero-order valence-corrected chi connectivity index (χ0v) is 9.19. The van der Waals surface area contributed by atoms with Crippen LogP contribution in [0.2, 0.25) is 0 Å².